The van der Waals surface area contributed by atoms with E-state index in [-0.39, 0.29) is 29.8 Å². The van der Waals surface area contributed by atoms with Gasteiger partial charge in [0.05, 0.1) is 21.6 Å². The zero-order valence-corrected chi connectivity index (χ0v) is 18.7. The number of hydrogen-bond donors (Lipinski definition) is 2. The number of sulfone groups is 1. The molecule has 8 nitrogen and oxygen atoms in total. The lowest BCUT2D eigenvalue weighted by Gasteiger charge is -2.36. The molecule has 1 saturated heterocycles. The third-order valence-electron chi connectivity index (χ3n) is 5.92. The molecule has 30 heavy (non-hydrogen) atoms. The Balaban J connectivity index is 2.20. The number of benzene rings is 1. The Morgan fingerprint density at radius 3 is 2.43 bits per heavy atom. The first kappa shape index (κ1) is 22.4. The van der Waals surface area contributed by atoms with Crippen LogP contribution >= 0.6 is 0 Å². The molecule has 1 aliphatic heterocycles. The molecule has 0 radical (unpaired) electrons. The average molecular weight is 439 g/mol. The largest absolute Gasteiger partial charge is 0.481 e. The highest BCUT2D eigenvalue weighted by Crippen LogP contribution is 2.52. The van der Waals surface area contributed by atoms with Crippen LogP contribution in [0.5, 0.6) is 0 Å². The molecule has 2 fully saturated rings. The summed E-state index contributed by atoms with van der Waals surface area (Å²) in [4.78, 5) is 26.8. The molecular formula is C21H30N2O6S. The average Bonchev–Trinajstić information content (AvgIpc) is 3.40. The topological polar surface area (TPSA) is 127 Å². The van der Waals surface area contributed by atoms with Crippen molar-refractivity contribution >= 4 is 27.6 Å². The highest BCUT2D eigenvalue weighted by Gasteiger charge is 2.56. The predicted molar refractivity (Wildman–Crippen MR) is 112 cm³/mol. The first-order valence-corrected chi connectivity index (χ1v) is 11.7. The van der Waals surface area contributed by atoms with Crippen molar-refractivity contribution in [1.82, 2.24) is 4.90 Å². The Morgan fingerprint density at radius 1 is 1.30 bits per heavy atom. The molecule has 1 aromatic carbocycles. The fourth-order valence-electron chi connectivity index (χ4n) is 4.21. The lowest BCUT2D eigenvalue weighted by molar-refractivity contribution is -0.151. The fourth-order valence-corrected chi connectivity index (χ4v) is 6.08. The number of nitrogen functional groups attached to an aromatic ring is 1. The van der Waals surface area contributed by atoms with Crippen LogP contribution in [-0.2, 0) is 19.4 Å². The molecule has 2 aliphatic rings. The van der Waals surface area contributed by atoms with Gasteiger partial charge in [-0.25, -0.2) is 13.2 Å². The van der Waals surface area contributed by atoms with Crippen LogP contribution in [0.1, 0.15) is 65.0 Å². The summed E-state index contributed by atoms with van der Waals surface area (Å²) < 4.78 is 31.8. The van der Waals surface area contributed by atoms with Crippen molar-refractivity contribution in [2.75, 3.05) is 12.3 Å². The quantitative estimate of drug-likeness (QED) is 0.675. The van der Waals surface area contributed by atoms with E-state index >= 15 is 0 Å². The van der Waals surface area contributed by atoms with E-state index in [4.69, 9.17) is 10.5 Å². The zero-order valence-electron chi connectivity index (χ0n) is 17.8. The Kier molecular flexibility index (Phi) is 5.56. The number of carbonyl (C=O) groups is 2. The molecule has 0 unspecified atom stereocenters. The molecule has 9 heteroatoms. The maximum absolute atomic E-state index is 13.1. The van der Waals surface area contributed by atoms with Crippen LogP contribution in [0, 0.1) is 5.41 Å². The number of carboxylic acids is 1. The van der Waals surface area contributed by atoms with Gasteiger partial charge in [-0.2, -0.15) is 0 Å². The smallest absolute Gasteiger partial charge is 0.410 e. The SMILES string of the molecule is CC[C@]1(C(=O)O)CCN(C(=O)OC(C)(C)C)[C@@H]1c1cc(N)ccc1S(=O)(=O)C1CC1. The van der Waals surface area contributed by atoms with Crippen molar-refractivity contribution in [3.63, 3.8) is 0 Å². The van der Waals surface area contributed by atoms with Crippen LogP contribution in [0.25, 0.3) is 0 Å². The first-order chi connectivity index (χ1) is 13.8. The predicted octanol–water partition coefficient (Wildman–Crippen LogP) is 3.37. The third kappa shape index (κ3) is 3.87. The van der Waals surface area contributed by atoms with Gasteiger partial charge in [0.1, 0.15) is 5.60 Å². The summed E-state index contributed by atoms with van der Waals surface area (Å²) in [6.07, 6.45) is 0.903. The van der Waals surface area contributed by atoms with Crippen LogP contribution < -0.4 is 5.73 Å². The Labute approximate surface area is 177 Å². The minimum absolute atomic E-state index is 0.0544. The summed E-state index contributed by atoms with van der Waals surface area (Å²) >= 11 is 0. The summed E-state index contributed by atoms with van der Waals surface area (Å²) in [5.41, 5.74) is 4.44. The lowest BCUT2D eigenvalue weighted by atomic mass is 9.75. The van der Waals surface area contributed by atoms with Gasteiger partial charge in [0, 0.05) is 12.2 Å². The number of ether oxygens (including phenoxy) is 1. The van der Waals surface area contributed by atoms with Crippen LogP contribution in [0.3, 0.4) is 0 Å². The van der Waals surface area contributed by atoms with E-state index in [2.05, 4.69) is 0 Å². The number of hydrogen-bond acceptors (Lipinski definition) is 6. The van der Waals surface area contributed by atoms with Gasteiger partial charge in [-0.15, -0.1) is 0 Å². The van der Waals surface area contributed by atoms with Gasteiger partial charge >= 0.3 is 12.1 Å². The molecule has 3 N–H and O–H groups in total. The number of carboxylic acid groups (broad SMARTS) is 1. The third-order valence-corrected chi connectivity index (χ3v) is 8.25. The van der Waals surface area contributed by atoms with E-state index in [9.17, 15) is 23.1 Å². The molecular weight excluding hydrogens is 408 g/mol. The van der Waals surface area contributed by atoms with E-state index in [0.29, 0.717) is 18.5 Å². The van der Waals surface area contributed by atoms with Gasteiger partial charge in [0.15, 0.2) is 9.84 Å². The standard InChI is InChI=1S/C21H30N2O6S/c1-5-21(18(24)25)10-11-23(19(26)29-20(2,3)4)17(21)15-12-13(22)6-9-16(15)30(27,28)14-7-8-14/h6,9,12,14,17H,5,7-8,10-11,22H2,1-4H3,(H,24,25)/t17-,21+/m1/s1. The molecule has 0 spiro atoms. The number of carbonyl (C=O) groups excluding carboxylic acids is 1. The number of amides is 1. The molecule has 1 amide bonds. The fraction of sp³-hybridized carbons (Fsp3) is 0.619. The molecule has 0 aromatic heterocycles. The maximum atomic E-state index is 13.1. The van der Waals surface area contributed by atoms with Crippen molar-refractivity contribution in [3.05, 3.63) is 23.8 Å². The Morgan fingerprint density at radius 2 is 1.93 bits per heavy atom. The molecule has 1 heterocycles. The van der Waals surface area contributed by atoms with Gasteiger partial charge in [0.25, 0.3) is 0 Å². The van der Waals surface area contributed by atoms with Gasteiger partial charge < -0.3 is 15.6 Å². The summed E-state index contributed by atoms with van der Waals surface area (Å²) in [6.45, 7) is 7.07. The molecule has 2 atom stereocenters. The second-order valence-electron chi connectivity index (χ2n) is 9.18. The molecule has 1 saturated carbocycles. The molecule has 166 valence electrons. The van der Waals surface area contributed by atoms with Crippen molar-refractivity contribution in [3.8, 4) is 0 Å². The van der Waals surface area contributed by atoms with Crippen LogP contribution in [0.2, 0.25) is 0 Å². The number of anilines is 1. The Hall–Kier alpha value is -2.29. The van der Waals surface area contributed by atoms with Crippen molar-refractivity contribution in [2.24, 2.45) is 5.41 Å². The van der Waals surface area contributed by atoms with Gasteiger partial charge in [0.2, 0.25) is 0 Å². The molecule has 3 rings (SSSR count). The summed E-state index contributed by atoms with van der Waals surface area (Å²) in [5.74, 6) is -1.07. The minimum Gasteiger partial charge on any atom is -0.481 e. The van der Waals surface area contributed by atoms with Gasteiger partial charge in [-0.05, 0) is 70.2 Å². The zero-order chi connectivity index (χ0) is 22.5. The van der Waals surface area contributed by atoms with Crippen molar-refractivity contribution in [1.29, 1.82) is 0 Å². The summed E-state index contributed by atoms with van der Waals surface area (Å²) in [6, 6.07) is 3.43. The molecule has 1 aliphatic carbocycles. The highest BCUT2D eigenvalue weighted by molar-refractivity contribution is 7.92. The van der Waals surface area contributed by atoms with E-state index in [1.165, 1.54) is 23.1 Å². The normalized spacial score (nSPS) is 24.7. The number of aliphatic carboxylic acids is 1. The second-order valence-corrected chi connectivity index (χ2v) is 11.4. The monoisotopic (exact) mass is 438 g/mol. The van der Waals surface area contributed by atoms with E-state index < -0.39 is 44.2 Å². The van der Waals surface area contributed by atoms with Crippen LogP contribution in [-0.4, -0.2) is 47.9 Å². The van der Waals surface area contributed by atoms with E-state index in [0.717, 1.165) is 0 Å². The van der Waals surface area contributed by atoms with Crippen LogP contribution in [0.4, 0.5) is 10.5 Å². The first-order valence-electron chi connectivity index (χ1n) is 10.2. The summed E-state index contributed by atoms with van der Waals surface area (Å²) in [7, 11) is -3.65. The number of nitrogens with zero attached hydrogens (tertiary/aromatic N) is 1. The van der Waals surface area contributed by atoms with Crippen molar-refractivity contribution < 1.29 is 27.9 Å². The number of rotatable bonds is 5. The lowest BCUT2D eigenvalue weighted by Crippen LogP contribution is -2.42. The van der Waals surface area contributed by atoms with Crippen LogP contribution in [0.15, 0.2) is 23.1 Å². The molecule has 0 bridgehead atoms. The second kappa shape index (κ2) is 7.44. The minimum atomic E-state index is -3.65. The Bertz CT molecular complexity index is 964. The van der Waals surface area contributed by atoms with Crippen molar-refractivity contribution in [2.45, 2.75) is 75.2 Å². The van der Waals surface area contributed by atoms with E-state index in [1.807, 2.05) is 0 Å². The molecule has 1 aromatic rings. The highest BCUT2D eigenvalue weighted by atomic mass is 32.2. The van der Waals surface area contributed by atoms with Gasteiger partial charge in [-0.1, -0.05) is 6.92 Å². The van der Waals surface area contributed by atoms with Gasteiger partial charge in [-0.3, -0.25) is 9.69 Å². The van der Waals surface area contributed by atoms with E-state index in [1.54, 1.807) is 27.7 Å². The summed E-state index contributed by atoms with van der Waals surface area (Å²) in [5, 5.41) is 9.68. The number of nitrogens with two attached hydrogens (primary N) is 1. The number of likely N-dealkylation sites (tertiary alicyclic amines) is 1. The maximum Gasteiger partial charge on any atom is 0.410 e.